The number of nitrogens with zero attached hydrogens (tertiary/aromatic N) is 2. The Kier molecular flexibility index (Phi) is 2.35. The topological polar surface area (TPSA) is 53.4 Å². The number of carbonyl (C=O) groups is 1. The summed E-state index contributed by atoms with van der Waals surface area (Å²) in [7, 11) is 0. The van der Waals surface area contributed by atoms with Crippen molar-refractivity contribution in [3.8, 4) is 0 Å². The predicted octanol–water partition coefficient (Wildman–Crippen LogP) is 0.919. The third kappa shape index (κ3) is 1.69. The Balaban J connectivity index is 2.07. The fourth-order valence-electron chi connectivity index (χ4n) is 1.76. The summed E-state index contributed by atoms with van der Waals surface area (Å²) in [5.41, 5.74) is 2.36. The van der Waals surface area contributed by atoms with Crippen LogP contribution < -0.4 is 4.90 Å². The molecule has 0 bridgehead atoms. The van der Waals surface area contributed by atoms with Crippen LogP contribution >= 0.6 is 0 Å². The molecule has 0 saturated carbocycles. The quantitative estimate of drug-likeness (QED) is 0.773. The first kappa shape index (κ1) is 8.99. The smallest absolute Gasteiger partial charge is 0.305 e. The summed E-state index contributed by atoms with van der Waals surface area (Å²) in [5, 5.41) is 8.58. The lowest BCUT2D eigenvalue weighted by Gasteiger charge is -2.17. The third-order valence-corrected chi connectivity index (χ3v) is 2.47. The van der Waals surface area contributed by atoms with Crippen molar-refractivity contribution in [2.75, 3.05) is 18.0 Å². The summed E-state index contributed by atoms with van der Waals surface area (Å²) in [6, 6.07) is 1.95. The van der Waals surface area contributed by atoms with Gasteiger partial charge in [0, 0.05) is 31.2 Å². The van der Waals surface area contributed by atoms with E-state index in [0.717, 1.165) is 18.7 Å². The second-order valence-electron chi connectivity index (χ2n) is 3.39. The number of aliphatic carboxylic acids is 1. The lowest BCUT2D eigenvalue weighted by atomic mass is 10.2. The molecule has 1 aromatic heterocycles. The van der Waals surface area contributed by atoms with Crippen LogP contribution in [0.15, 0.2) is 18.5 Å². The average molecular weight is 192 g/mol. The van der Waals surface area contributed by atoms with E-state index in [1.807, 2.05) is 12.3 Å². The Morgan fingerprint density at radius 2 is 2.50 bits per heavy atom. The van der Waals surface area contributed by atoms with Crippen molar-refractivity contribution in [3.05, 3.63) is 24.0 Å². The van der Waals surface area contributed by atoms with Crippen molar-refractivity contribution in [1.29, 1.82) is 0 Å². The fraction of sp³-hybridized carbons (Fsp3) is 0.400. The van der Waals surface area contributed by atoms with E-state index in [1.165, 1.54) is 5.56 Å². The second-order valence-corrected chi connectivity index (χ2v) is 3.39. The number of pyridine rings is 1. The molecule has 1 aromatic rings. The number of hydrogen-bond donors (Lipinski definition) is 1. The molecule has 0 atom stereocenters. The van der Waals surface area contributed by atoms with E-state index < -0.39 is 5.97 Å². The zero-order valence-corrected chi connectivity index (χ0v) is 7.81. The predicted molar refractivity (Wildman–Crippen MR) is 52.4 cm³/mol. The molecular formula is C10H12N2O2. The van der Waals surface area contributed by atoms with E-state index in [9.17, 15) is 4.79 Å². The molecule has 1 N–H and O–H groups in total. The van der Waals surface area contributed by atoms with Crippen LogP contribution in [0.4, 0.5) is 5.69 Å². The molecule has 0 spiro atoms. The first-order valence-corrected chi connectivity index (χ1v) is 4.67. The highest BCUT2D eigenvalue weighted by atomic mass is 16.4. The molecule has 1 aliphatic rings. The van der Waals surface area contributed by atoms with Crippen molar-refractivity contribution in [2.45, 2.75) is 12.8 Å². The number of aromatic nitrogens is 1. The van der Waals surface area contributed by atoms with Gasteiger partial charge in [0.15, 0.2) is 0 Å². The van der Waals surface area contributed by atoms with Crippen LogP contribution in [0.5, 0.6) is 0 Å². The van der Waals surface area contributed by atoms with E-state index in [-0.39, 0.29) is 6.42 Å². The summed E-state index contributed by atoms with van der Waals surface area (Å²) in [4.78, 5) is 16.6. The molecule has 0 aliphatic carbocycles. The monoisotopic (exact) mass is 192 g/mol. The molecule has 0 saturated heterocycles. The zero-order valence-electron chi connectivity index (χ0n) is 7.81. The van der Waals surface area contributed by atoms with Crippen LogP contribution in [0.2, 0.25) is 0 Å². The van der Waals surface area contributed by atoms with Gasteiger partial charge >= 0.3 is 5.97 Å². The Hall–Kier alpha value is -1.58. The van der Waals surface area contributed by atoms with Crippen molar-refractivity contribution in [1.82, 2.24) is 4.98 Å². The Morgan fingerprint density at radius 1 is 1.64 bits per heavy atom. The number of hydrogen-bond acceptors (Lipinski definition) is 3. The molecule has 74 valence electrons. The largest absolute Gasteiger partial charge is 0.481 e. The third-order valence-electron chi connectivity index (χ3n) is 2.47. The maximum atomic E-state index is 10.4. The summed E-state index contributed by atoms with van der Waals surface area (Å²) < 4.78 is 0. The molecule has 0 unspecified atom stereocenters. The first-order valence-electron chi connectivity index (χ1n) is 4.67. The Labute approximate surface area is 82.2 Å². The van der Waals surface area contributed by atoms with Crippen molar-refractivity contribution in [3.63, 3.8) is 0 Å². The maximum absolute atomic E-state index is 10.4. The minimum absolute atomic E-state index is 0.196. The van der Waals surface area contributed by atoms with Crippen LogP contribution in [0, 0.1) is 0 Å². The van der Waals surface area contributed by atoms with E-state index in [0.29, 0.717) is 6.54 Å². The molecule has 14 heavy (non-hydrogen) atoms. The van der Waals surface area contributed by atoms with Gasteiger partial charge < -0.3 is 10.0 Å². The van der Waals surface area contributed by atoms with Crippen LogP contribution in [-0.2, 0) is 11.2 Å². The number of rotatable bonds is 3. The molecule has 2 heterocycles. The highest BCUT2D eigenvalue weighted by Gasteiger charge is 2.18. The van der Waals surface area contributed by atoms with Gasteiger partial charge in [-0.3, -0.25) is 9.78 Å². The Bertz CT molecular complexity index is 352. The van der Waals surface area contributed by atoms with E-state index in [2.05, 4.69) is 9.88 Å². The van der Waals surface area contributed by atoms with Crippen molar-refractivity contribution < 1.29 is 9.90 Å². The Morgan fingerprint density at radius 3 is 3.29 bits per heavy atom. The zero-order chi connectivity index (χ0) is 9.97. The fourth-order valence-corrected chi connectivity index (χ4v) is 1.76. The van der Waals surface area contributed by atoms with Crippen molar-refractivity contribution in [2.24, 2.45) is 0 Å². The lowest BCUT2D eigenvalue weighted by molar-refractivity contribution is -0.136. The van der Waals surface area contributed by atoms with Gasteiger partial charge in [0.05, 0.1) is 6.42 Å². The van der Waals surface area contributed by atoms with Crippen molar-refractivity contribution >= 4 is 11.7 Å². The summed E-state index contributed by atoms with van der Waals surface area (Å²) in [6.45, 7) is 1.50. The number of fused-ring (bicyclic) bond motifs is 1. The second kappa shape index (κ2) is 3.65. The van der Waals surface area contributed by atoms with E-state index >= 15 is 0 Å². The van der Waals surface area contributed by atoms with Gasteiger partial charge in [0.2, 0.25) is 0 Å². The van der Waals surface area contributed by atoms with E-state index in [1.54, 1.807) is 6.20 Å². The number of carboxylic acids is 1. The average Bonchev–Trinajstić information content (AvgIpc) is 2.58. The molecular weight excluding hydrogens is 180 g/mol. The SMILES string of the molecule is O=C(O)CCN1CCc2cnccc21. The van der Waals surface area contributed by atoms with Crippen LogP contribution in [0.25, 0.3) is 0 Å². The molecule has 0 radical (unpaired) electrons. The van der Waals surface area contributed by atoms with Gasteiger partial charge in [0.1, 0.15) is 0 Å². The van der Waals surface area contributed by atoms with Gasteiger partial charge in [-0.25, -0.2) is 0 Å². The van der Waals surface area contributed by atoms with Gasteiger partial charge in [-0.05, 0) is 18.1 Å². The van der Waals surface area contributed by atoms with Gasteiger partial charge in [-0.2, -0.15) is 0 Å². The van der Waals surface area contributed by atoms with Crippen LogP contribution in [-0.4, -0.2) is 29.1 Å². The summed E-state index contributed by atoms with van der Waals surface area (Å²) >= 11 is 0. The highest BCUT2D eigenvalue weighted by molar-refractivity contribution is 5.68. The first-order chi connectivity index (χ1) is 6.77. The molecule has 0 aromatic carbocycles. The molecule has 2 rings (SSSR count). The number of anilines is 1. The van der Waals surface area contributed by atoms with Crippen LogP contribution in [0.3, 0.4) is 0 Å². The lowest BCUT2D eigenvalue weighted by Crippen LogP contribution is -2.23. The van der Waals surface area contributed by atoms with E-state index in [4.69, 9.17) is 5.11 Å². The van der Waals surface area contributed by atoms with Gasteiger partial charge in [-0.15, -0.1) is 0 Å². The molecule has 0 amide bonds. The minimum atomic E-state index is -0.743. The standard InChI is InChI=1S/C10H12N2O2/c13-10(14)3-6-12-5-2-8-7-11-4-1-9(8)12/h1,4,7H,2-3,5-6H2,(H,13,14). The molecule has 1 aliphatic heterocycles. The molecule has 4 heteroatoms. The molecule has 0 fully saturated rings. The minimum Gasteiger partial charge on any atom is -0.481 e. The number of carboxylic acid groups (broad SMARTS) is 1. The van der Waals surface area contributed by atoms with Gasteiger partial charge in [-0.1, -0.05) is 0 Å². The maximum Gasteiger partial charge on any atom is 0.305 e. The van der Waals surface area contributed by atoms with Gasteiger partial charge in [0.25, 0.3) is 0 Å². The van der Waals surface area contributed by atoms with Crippen LogP contribution in [0.1, 0.15) is 12.0 Å². The summed E-state index contributed by atoms with van der Waals surface area (Å²) in [6.07, 6.45) is 4.78. The highest BCUT2D eigenvalue weighted by Crippen LogP contribution is 2.26. The normalized spacial score (nSPS) is 14.1. The summed E-state index contributed by atoms with van der Waals surface area (Å²) in [5.74, 6) is -0.743. The molecule has 4 nitrogen and oxygen atoms in total.